The van der Waals surface area contributed by atoms with Gasteiger partial charge >= 0.3 is 5.97 Å². The van der Waals surface area contributed by atoms with Gasteiger partial charge in [0, 0.05) is 42.5 Å². The molecule has 29 heavy (non-hydrogen) atoms. The third kappa shape index (κ3) is 2.23. The van der Waals surface area contributed by atoms with E-state index in [0.717, 1.165) is 34.9 Å². The lowest BCUT2D eigenvalue weighted by atomic mass is 9.91. The molecule has 2 aromatic heterocycles. The molecule has 1 saturated heterocycles. The van der Waals surface area contributed by atoms with Crippen LogP contribution in [-0.2, 0) is 20.5 Å². The summed E-state index contributed by atoms with van der Waals surface area (Å²) in [6, 6.07) is 11.8. The van der Waals surface area contributed by atoms with Crippen molar-refractivity contribution in [1.29, 1.82) is 0 Å². The Labute approximate surface area is 167 Å². The highest BCUT2D eigenvalue weighted by atomic mass is 16.6. The Bertz CT molecular complexity index is 1180. The average Bonchev–Trinajstić information content (AvgIpc) is 3.39. The van der Waals surface area contributed by atoms with Gasteiger partial charge in [-0.15, -0.1) is 0 Å². The monoisotopic (exact) mass is 385 g/mol. The average molecular weight is 385 g/mol. The molecule has 1 atom stereocenters. The molecule has 6 nitrogen and oxygen atoms in total. The van der Waals surface area contributed by atoms with Gasteiger partial charge in [0.15, 0.2) is 5.60 Å². The van der Waals surface area contributed by atoms with Crippen LogP contribution < -0.4 is 0 Å². The van der Waals surface area contributed by atoms with Gasteiger partial charge in [-0.05, 0) is 36.6 Å². The first kappa shape index (κ1) is 16.7. The standard InChI is InChI=1S/C23H19N3O3/c27-20-16-13-24-10-5-18(16)23(29-20)9-12-26(14-23)21(28)22(7-8-22)17-6-11-25-19-4-2-1-3-15(17)19/h1-6,10-11,13H,7-9,12,14H2. The molecule has 1 aliphatic carbocycles. The normalized spacial score (nSPS) is 24.0. The maximum Gasteiger partial charge on any atom is 0.341 e. The SMILES string of the molecule is O=C1OC2(CCN(C(=O)C3(c4ccnc5ccccc45)CC3)C2)c2ccncc21. The summed E-state index contributed by atoms with van der Waals surface area (Å²) in [6.07, 6.45) is 7.32. The van der Waals surface area contributed by atoms with E-state index in [1.807, 2.05) is 41.3 Å². The topological polar surface area (TPSA) is 72.4 Å². The Hall–Kier alpha value is -3.28. The second-order valence-corrected chi connectivity index (χ2v) is 8.24. The van der Waals surface area contributed by atoms with Gasteiger partial charge in [-0.1, -0.05) is 18.2 Å². The van der Waals surface area contributed by atoms with Crippen molar-refractivity contribution >= 4 is 22.8 Å². The number of fused-ring (bicyclic) bond motifs is 3. The number of carbonyl (C=O) groups is 2. The lowest BCUT2D eigenvalue weighted by Crippen LogP contribution is -2.40. The van der Waals surface area contributed by atoms with Crippen molar-refractivity contribution in [2.45, 2.75) is 30.3 Å². The molecule has 1 amide bonds. The molecular weight excluding hydrogens is 366 g/mol. The first-order valence-electron chi connectivity index (χ1n) is 9.95. The maximum absolute atomic E-state index is 13.7. The first-order valence-corrected chi connectivity index (χ1v) is 9.95. The van der Waals surface area contributed by atoms with Crippen molar-refractivity contribution in [3.63, 3.8) is 0 Å². The molecule has 0 radical (unpaired) electrons. The predicted octanol–water partition coefficient (Wildman–Crippen LogP) is 2.96. The molecule has 3 aliphatic rings. The molecule has 2 fully saturated rings. The third-order valence-corrected chi connectivity index (χ3v) is 6.66. The molecule has 1 aromatic carbocycles. The minimum Gasteiger partial charge on any atom is -0.449 e. The van der Waals surface area contributed by atoms with Crippen molar-refractivity contribution < 1.29 is 14.3 Å². The molecule has 3 aromatic rings. The van der Waals surface area contributed by atoms with Crippen LogP contribution in [0.15, 0.2) is 55.0 Å². The number of ether oxygens (including phenoxy) is 1. The minimum absolute atomic E-state index is 0.129. The molecule has 4 heterocycles. The van der Waals surface area contributed by atoms with Crippen LogP contribution in [0.1, 0.15) is 40.7 Å². The van der Waals surface area contributed by atoms with E-state index in [1.165, 1.54) is 0 Å². The fourth-order valence-corrected chi connectivity index (χ4v) is 5.04. The zero-order valence-corrected chi connectivity index (χ0v) is 15.8. The Kier molecular flexibility index (Phi) is 3.23. The summed E-state index contributed by atoms with van der Waals surface area (Å²) >= 11 is 0. The highest BCUT2D eigenvalue weighted by Gasteiger charge is 2.58. The molecule has 6 rings (SSSR count). The summed E-state index contributed by atoms with van der Waals surface area (Å²) in [5, 5.41) is 1.04. The lowest BCUT2D eigenvalue weighted by Gasteiger charge is -2.27. The highest BCUT2D eigenvalue weighted by Crippen LogP contribution is 2.53. The van der Waals surface area contributed by atoms with Crippen molar-refractivity contribution in [2.75, 3.05) is 13.1 Å². The summed E-state index contributed by atoms with van der Waals surface area (Å²) in [5.41, 5.74) is 2.12. The Balaban J connectivity index is 1.35. The molecular formula is C23H19N3O3. The number of carbonyl (C=O) groups excluding carboxylic acids is 2. The van der Waals surface area contributed by atoms with Gasteiger partial charge in [0.25, 0.3) is 0 Å². The molecule has 2 aliphatic heterocycles. The molecule has 0 bridgehead atoms. The highest BCUT2D eigenvalue weighted by molar-refractivity contribution is 5.98. The van der Waals surface area contributed by atoms with Gasteiger partial charge in [0.1, 0.15) is 0 Å². The van der Waals surface area contributed by atoms with E-state index in [-0.39, 0.29) is 11.9 Å². The molecule has 1 unspecified atom stereocenters. The van der Waals surface area contributed by atoms with Gasteiger partial charge < -0.3 is 9.64 Å². The summed E-state index contributed by atoms with van der Waals surface area (Å²) in [7, 11) is 0. The van der Waals surface area contributed by atoms with Crippen LogP contribution in [0.3, 0.4) is 0 Å². The maximum atomic E-state index is 13.7. The molecule has 1 spiro atoms. The smallest absolute Gasteiger partial charge is 0.341 e. The second-order valence-electron chi connectivity index (χ2n) is 8.24. The van der Waals surface area contributed by atoms with Crippen LogP contribution in [0, 0.1) is 0 Å². The van der Waals surface area contributed by atoms with Crippen molar-refractivity contribution in [1.82, 2.24) is 14.9 Å². The van der Waals surface area contributed by atoms with Crippen molar-refractivity contribution in [3.05, 3.63) is 71.7 Å². The minimum atomic E-state index is -0.735. The number of benzene rings is 1. The zero-order valence-electron chi connectivity index (χ0n) is 15.8. The van der Waals surface area contributed by atoms with E-state index < -0.39 is 11.0 Å². The quantitative estimate of drug-likeness (QED) is 0.634. The van der Waals surface area contributed by atoms with Crippen LogP contribution in [0.25, 0.3) is 10.9 Å². The van der Waals surface area contributed by atoms with E-state index in [4.69, 9.17) is 4.74 Å². The van der Waals surface area contributed by atoms with E-state index in [2.05, 4.69) is 9.97 Å². The Morgan fingerprint density at radius 1 is 1.03 bits per heavy atom. The van der Waals surface area contributed by atoms with Crippen molar-refractivity contribution in [3.8, 4) is 0 Å². The van der Waals surface area contributed by atoms with Gasteiger partial charge in [0.05, 0.1) is 23.0 Å². The number of amides is 1. The second kappa shape index (κ2) is 5.63. The molecule has 1 saturated carbocycles. The van der Waals surface area contributed by atoms with E-state index >= 15 is 0 Å². The van der Waals surface area contributed by atoms with E-state index in [0.29, 0.717) is 25.1 Å². The Morgan fingerprint density at radius 3 is 2.72 bits per heavy atom. The van der Waals surface area contributed by atoms with E-state index in [1.54, 1.807) is 18.6 Å². The number of hydrogen-bond acceptors (Lipinski definition) is 5. The van der Waals surface area contributed by atoms with Crippen LogP contribution in [0.2, 0.25) is 0 Å². The lowest BCUT2D eigenvalue weighted by molar-refractivity contribution is -0.134. The largest absolute Gasteiger partial charge is 0.449 e. The number of esters is 1. The van der Waals surface area contributed by atoms with Crippen LogP contribution >= 0.6 is 0 Å². The number of para-hydroxylation sites is 1. The Morgan fingerprint density at radius 2 is 1.86 bits per heavy atom. The molecule has 0 N–H and O–H groups in total. The fourth-order valence-electron chi connectivity index (χ4n) is 5.04. The number of nitrogens with zero attached hydrogens (tertiary/aromatic N) is 3. The van der Waals surface area contributed by atoms with Gasteiger partial charge in [-0.3, -0.25) is 14.8 Å². The van der Waals surface area contributed by atoms with Gasteiger partial charge in [0.2, 0.25) is 5.91 Å². The summed E-state index contributed by atoms with van der Waals surface area (Å²) in [4.78, 5) is 36.3. The van der Waals surface area contributed by atoms with E-state index in [9.17, 15) is 9.59 Å². The molecule has 6 heteroatoms. The van der Waals surface area contributed by atoms with Crippen LogP contribution in [0.5, 0.6) is 0 Å². The first-order chi connectivity index (χ1) is 14.1. The summed E-state index contributed by atoms with van der Waals surface area (Å²) in [5.74, 6) is -0.215. The van der Waals surface area contributed by atoms with Crippen LogP contribution in [-0.4, -0.2) is 39.8 Å². The number of hydrogen-bond donors (Lipinski definition) is 0. The van der Waals surface area contributed by atoms with Gasteiger partial charge in [-0.25, -0.2) is 4.79 Å². The van der Waals surface area contributed by atoms with Gasteiger partial charge in [-0.2, -0.15) is 0 Å². The fraction of sp³-hybridized carbons (Fsp3) is 0.304. The van der Waals surface area contributed by atoms with Crippen molar-refractivity contribution in [2.24, 2.45) is 0 Å². The zero-order chi connectivity index (χ0) is 19.6. The number of aromatic nitrogens is 2. The number of likely N-dealkylation sites (tertiary alicyclic amines) is 1. The third-order valence-electron chi connectivity index (χ3n) is 6.66. The summed E-state index contributed by atoms with van der Waals surface area (Å²) < 4.78 is 5.79. The number of rotatable bonds is 2. The number of pyridine rings is 2. The molecule has 144 valence electrons. The predicted molar refractivity (Wildman–Crippen MR) is 105 cm³/mol. The summed E-state index contributed by atoms with van der Waals surface area (Å²) in [6.45, 7) is 0.984. The van der Waals surface area contributed by atoms with Crippen LogP contribution in [0.4, 0.5) is 0 Å².